The molecule has 0 aliphatic carbocycles. The van der Waals surface area contributed by atoms with Gasteiger partial charge in [-0.3, -0.25) is 10.1 Å². The summed E-state index contributed by atoms with van der Waals surface area (Å²) in [5.41, 5.74) is 0.750. The van der Waals surface area contributed by atoms with Gasteiger partial charge in [0, 0.05) is 16.6 Å². The maximum Gasteiger partial charge on any atom is 0.409 e. The Morgan fingerprint density at radius 1 is 1.32 bits per heavy atom. The number of carbonyl (C=O) groups is 2. The van der Waals surface area contributed by atoms with Crippen LogP contribution < -0.4 is 10.6 Å². The van der Waals surface area contributed by atoms with E-state index in [0.717, 1.165) is 0 Å². The highest BCUT2D eigenvalue weighted by Gasteiger charge is 2.14. The number of nitrogens with one attached hydrogen (secondary N) is 2. The molecule has 6 heteroatoms. The van der Waals surface area contributed by atoms with Gasteiger partial charge in [-0.2, -0.15) is 0 Å². The predicted molar refractivity (Wildman–Crippen MR) is 77.6 cm³/mol. The highest BCUT2D eigenvalue weighted by Crippen LogP contribution is 2.23. The second kappa shape index (κ2) is 6.06. The van der Waals surface area contributed by atoms with Gasteiger partial charge in [0.2, 0.25) is 0 Å². The number of hydrogen-bond acceptors (Lipinski definition) is 2. The van der Waals surface area contributed by atoms with E-state index in [1.165, 1.54) is 6.07 Å². The summed E-state index contributed by atoms with van der Waals surface area (Å²) in [6.07, 6.45) is -1.17. The zero-order chi connectivity index (χ0) is 14.6. The Morgan fingerprint density at radius 2 is 1.95 bits per heavy atom. The molecule has 2 amide bonds. The Bertz CT molecular complexity index is 495. The van der Waals surface area contributed by atoms with Crippen LogP contribution in [0.2, 0.25) is 0 Å². The minimum atomic E-state index is -1.17. The van der Waals surface area contributed by atoms with Crippen LogP contribution in [0, 0.1) is 5.41 Å². The van der Waals surface area contributed by atoms with Gasteiger partial charge in [0.15, 0.2) is 0 Å². The van der Waals surface area contributed by atoms with E-state index in [9.17, 15) is 9.59 Å². The lowest BCUT2D eigenvalue weighted by Gasteiger charge is -2.18. The quantitative estimate of drug-likeness (QED) is 0.796. The van der Waals surface area contributed by atoms with Crippen molar-refractivity contribution in [1.82, 2.24) is 5.32 Å². The molecular formula is C13H17BrN2O3. The minimum absolute atomic E-state index is 0.00678. The summed E-state index contributed by atoms with van der Waals surface area (Å²) >= 11 is 3.22. The van der Waals surface area contributed by atoms with Crippen LogP contribution in [0.5, 0.6) is 0 Å². The molecule has 5 nitrogen and oxygen atoms in total. The van der Waals surface area contributed by atoms with Crippen molar-refractivity contribution in [2.24, 2.45) is 5.41 Å². The first-order chi connectivity index (χ1) is 8.69. The van der Waals surface area contributed by atoms with Crippen LogP contribution in [0.25, 0.3) is 0 Å². The Labute approximate surface area is 120 Å². The molecule has 1 aromatic rings. The van der Waals surface area contributed by atoms with Crippen LogP contribution in [0.4, 0.5) is 10.5 Å². The number of amides is 2. The summed E-state index contributed by atoms with van der Waals surface area (Å²) in [4.78, 5) is 22.6. The molecule has 19 heavy (non-hydrogen) atoms. The number of halogens is 1. The van der Waals surface area contributed by atoms with Crippen LogP contribution in [0.1, 0.15) is 31.1 Å². The molecule has 0 heterocycles. The maximum absolute atomic E-state index is 11.9. The second-order valence-corrected chi connectivity index (χ2v) is 6.22. The standard InChI is InChI=1S/C13H17BrN2O3/c1-13(2,3)7-15-11(17)8-4-5-9(14)10(6-8)16-12(18)19/h4-6,16H,7H2,1-3H3,(H,15,17)(H,18,19). The normalized spacial score (nSPS) is 10.9. The Kier molecular flexibility index (Phi) is 4.94. The summed E-state index contributed by atoms with van der Waals surface area (Å²) in [5.74, 6) is -0.226. The first-order valence-corrected chi connectivity index (χ1v) is 6.56. The van der Waals surface area contributed by atoms with Gasteiger partial charge in [0.1, 0.15) is 0 Å². The second-order valence-electron chi connectivity index (χ2n) is 5.37. The van der Waals surface area contributed by atoms with Gasteiger partial charge in [-0.15, -0.1) is 0 Å². The van der Waals surface area contributed by atoms with E-state index in [0.29, 0.717) is 22.3 Å². The minimum Gasteiger partial charge on any atom is -0.465 e. The van der Waals surface area contributed by atoms with Crippen molar-refractivity contribution in [2.45, 2.75) is 20.8 Å². The molecule has 0 radical (unpaired) electrons. The van der Waals surface area contributed by atoms with Gasteiger partial charge in [-0.05, 0) is 39.5 Å². The number of hydrogen-bond donors (Lipinski definition) is 3. The molecule has 0 aliphatic rings. The zero-order valence-electron chi connectivity index (χ0n) is 11.1. The molecule has 0 bridgehead atoms. The lowest BCUT2D eigenvalue weighted by molar-refractivity contribution is 0.0939. The molecule has 0 saturated carbocycles. The fourth-order valence-electron chi connectivity index (χ4n) is 1.33. The summed E-state index contributed by atoms with van der Waals surface area (Å²) in [7, 11) is 0. The monoisotopic (exact) mass is 328 g/mol. The molecule has 1 rings (SSSR count). The molecule has 0 atom stereocenters. The van der Waals surface area contributed by atoms with Crippen molar-refractivity contribution in [2.75, 3.05) is 11.9 Å². The number of anilines is 1. The largest absolute Gasteiger partial charge is 0.465 e. The highest BCUT2D eigenvalue weighted by molar-refractivity contribution is 9.10. The molecule has 0 fully saturated rings. The fraction of sp³-hybridized carbons (Fsp3) is 0.385. The molecule has 1 aromatic carbocycles. The number of carboxylic acid groups (broad SMARTS) is 1. The Balaban J connectivity index is 2.83. The van der Waals surface area contributed by atoms with Crippen LogP contribution in [-0.2, 0) is 0 Å². The lowest BCUT2D eigenvalue weighted by atomic mass is 9.97. The Hall–Kier alpha value is -1.56. The summed E-state index contributed by atoms with van der Waals surface area (Å²) in [5, 5.41) is 13.7. The maximum atomic E-state index is 11.9. The van der Waals surface area contributed by atoms with Crippen molar-refractivity contribution < 1.29 is 14.7 Å². The molecule has 0 saturated heterocycles. The average Bonchev–Trinajstić information content (AvgIpc) is 2.27. The van der Waals surface area contributed by atoms with E-state index >= 15 is 0 Å². The third-order valence-electron chi connectivity index (χ3n) is 2.25. The third kappa shape index (κ3) is 5.30. The van der Waals surface area contributed by atoms with E-state index in [4.69, 9.17) is 5.11 Å². The van der Waals surface area contributed by atoms with Gasteiger partial charge in [-0.1, -0.05) is 20.8 Å². The van der Waals surface area contributed by atoms with Gasteiger partial charge in [-0.25, -0.2) is 4.79 Å². The van der Waals surface area contributed by atoms with E-state index in [1.807, 2.05) is 20.8 Å². The smallest absolute Gasteiger partial charge is 0.409 e. The number of carbonyl (C=O) groups excluding carboxylic acids is 1. The van der Waals surface area contributed by atoms with Gasteiger partial charge in [0.05, 0.1) is 5.69 Å². The van der Waals surface area contributed by atoms with Gasteiger partial charge >= 0.3 is 6.09 Å². The van der Waals surface area contributed by atoms with Crippen molar-refractivity contribution in [3.63, 3.8) is 0 Å². The van der Waals surface area contributed by atoms with E-state index in [2.05, 4.69) is 26.6 Å². The number of benzene rings is 1. The molecule has 104 valence electrons. The molecule has 0 aliphatic heterocycles. The summed E-state index contributed by atoms with van der Waals surface area (Å²) in [6, 6.07) is 4.77. The van der Waals surface area contributed by atoms with Gasteiger partial charge in [0.25, 0.3) is 5.91 Å². The first-order valence-electron chi connectivity index (χ1n) is 5.77. The lowest BCUT2D eigenvalue weighted by Crippen LogP contribution is -2.32. The van der Waals surface area contributed by atoms with Crippen LogP contribution in [0.3, 0.4) is 0 Å². The molecule has 0 unspecified atom stereocenters. The van der Waals surface area contributed by atoms with E-state index in [-0.39, 0.29) is 11.3 Å². The summed E-state index contributed by atoms with van der Waals surface area (Å²) < 4.78 is 0.585. The highest BCUT2D eigenvalue weighted by atomic mass is 79.9. The molecule has 0 aromatic heterocycles. The van der Waals surface area contributed by atoms with Crippen molar-refractivity contribution in [1.29, 1.82) is 0 Å². The first kappa shape index (κ1) is 15.5. The van der Waals surface area contributed by atoms with Crippen molar-refractivity contribution >= 4 is 33.6 Å². The summed E-state index contributed by atoms with van der Waals surface area (Å²) in [6.45, 7) is 6.61. The predicted octanol–water partition coefficient (Wildman–Crippen LogP) is 3.31. The van der Waals surface area contributed by atoms with Crippen LogP contribution in [0.15, 0.2) is 22.7 Å². The topological polar surface area (TPSA) is 78.4 Å². The van der Waals surface area contributed by atoms with Crippen molar-refractivity contribution in [3.8, 4) is 0 Å². The zero-order valence-corrected chi connectivity index (χ0v) is 12.7. The molecule has 0 spiro atoms. The van der Waals surface area contributed by atoms with Crippen molar-refractivity contribution in [3.05, 3.63) is 28.2 Å². The fourth-order valence-corrected chi connectivity index (χ4v) is 1.67. The van der Waals surface area contributed by atoms with Crippen LogP contribution in [-0.4, -0.2) is 23.7 Å². The third-order valence-corrected chi connectivity index (χ3v) is 2.94. The molecule has 3 N–H and O–H groups in total. The SMILES string of the molecule is CC(C)(C)CNC(=O)c1ccc(Br)c(NC(=O)O)c1. The molecular weight excluding hydrogens is 312 g/mol. The number of rotatable bonds is 3. The van der Waals surface area contributed by atoms with E-state index < -0.39 is 6.09 Å². The van der Waals surface area contributed by atoms with E-state index in [1.54, 1.807) is 12.1 Å². The Morgan fingerprint density at radius 3 is 2.47 bits per heavy atom. The average molecular weight is 329 g/mol. The van der Waals surface area contributed by atoms with Gasteiger partial charge < -0.3 is 10.4 Å². The van der Waals surface area contributed by atoms with Crippen LogP contribution >= 0.6 is 15.9 Å².